The highest BCUT2D eigenvalue weighted by Crippen LogP contribution is 2.23. The molecule has 3 aromatic rings. The van der Waals surface area contributed by atoms with E-state index in [4.69, 9.17) is 4.74 Å². The van der Waals surface area contributed by atoms with Gasteiger partial charge in [0.25, 0.3) is 5.24 Å². The number of benzene rings is 2. The molecule has 1 saturated heterocycles. The maximum absolute atomic E-state index is 11.7. The van der Waals surface area contributed by atoms with Gasteiger partial charge < -0.3 is 10.1 Å². The van der Waals surface area contributed by atoms with E-state index in [1.165, 1.54) is 0 Å². The monoisotopic (exact) mass is 364 g/mol. The van der Waals surface area contributed by atoms with Crippen LogP contribution in [0.4, 0.5) is 4.79 Å². The fraction of sp³-hybridized carbons (Fsp3) is 0.150. The van der Waals surface area contributed by atoms with Gasteiger partial charge in [-0.1, -0.05) is 30.3 Å². The quantitative estimate of drug-likeness (QED) is 0.747. The second-order valence-electron chi connectivity index (χ2n) is 6.08. The summed E-state index contributed by atoms with van der Waals surface area (Å²) in [5.41, 5.74) is 2.85. The second kappa shape index (κ2) is 7.17. The lowest BCUT2D eigenvalue weighted by atomic mass is 10.1. The zero-order valence-electron chi connectivity index (χ0n) is 13.8. The number of rotatable bonds is 5. The van der Waals surface area contributed by atoms with E-state index in [1.54, 1.807) is 6.20 Å². The van der Waals surface area contributed by atoms with Gasteiger partial charge in [-0.05, 0) is 29.3 Å². The number of thioether (sulfide) groups is 1. The zero-order valence-corrected chi connectivity index (χ0v) is 14.7. The van der Waals surface area contributed by atoms with Crippen LogP contribution < -0.4 is 10.1 Å². The highest BCUT2D eigenvalue weighted by Gasteiger charge is 2.31. The van der Waals surface area contributed by atoms with Crippen LogP contribution in [0.3, 0.4) is 0 Å². The number of nitrogens with one attached hydrogen (secondary N) is 1. The molecule has 4 rings (SSSR count). The Morgan fingerprint density at radius 3 is 2.65 bits per heavy atom. The molecule has 1 N–H and O–H groups in total. The van der Waals surface area contributed by atoms with Crippen LogP contribution in [-0.2, 0) is 17.8 Å². The summed E-state index contributed by atoms with van der Waals surface area (Å²) in [5, 5.41) is 3.22. The third-order valence-electron chi connectivity index (χ3n) is 4.17. The summed E-state index contributed by atoms with van der Waals surface area (Å²) in [4.78, 5) is 27.5. The molecule has 5 nitrogen and oxygen atoms in total. The lowest BCUT2D eigenvalue weighted by molar-refractivity contribution is -0.112. The molecule has 0 saturated carbocycles. The van der Waals surface area contributed by atoms with Crippen molar-refractivity contribution in [2.75, 3.05) is 0 Å². The van der Waals surface area contributed by atoms with Gasteiger partial charge in [-0.2, -0.15) is 0 Å². The fourth-order valence-corrected chi connectivity index (χ4v) is 3.52. The molecule has 1 unspecified atom stereocenters. The molecule has 0 bridgehead atoms. The minimum absolute atomic E-state index is 0.139. The van der Waals surface area contributed by atoms with E-state index in [0.29, 0.717) is 13.0 Å². The number of hydrogen-bond donors (Lipinski definition) is 1. The Hall–Kier alpha value is -2.86. The van der Waals surface area contributed by atoms with Crippen LogP contribution in [0.2, 0.25) is 0 Å². The first kappa shape index (κ1) is 16.6. The molecule has 1 aliphatic rings. The maximum Gasteiger partial charge on any atom is 0.287 e. The number of carbonyl (C=O) groups excluding carboxylic acids is 2. The molecule has 0 spiro atoms. The number of hydrogen-bond acceptors (Lipinski definition) is 5. The Labute approximate surface area is 154 Å². The van der Waals surface area contributed by atoms with Crippen LogP contribution in [-0.4, -0.2) is 21.4 Å². The topological polar surface area (TPSA) is 68.3 Å². The zero-order chi connectivity index (χ0) is 17.9. The van der Waals surface area contributed by atoms with Crippen molar-refractivity contribution in [1.82, 2.24) is 10.3 Å². The maximum atomic E-state index is 11.7. The molecule has 1 aliphatic heterocycles. The van der Waals surface area contributed by atoms with Gasteiger partial charge in [-0.15, -0.1) is 0 Å². The van der Waals surface area contributed by atoms with Gasteiger partial charge in [0.1, 0.15) is 18.4 Å². The van der Waals surface area contributed by atoms with Crippen LogP contribution >= 0.6 is 11.8 Å². The molecule has 1 amide bonds. The van der Waals surface area contributed by atoms with Crippen molar-refractivity contribution < 1.29 is 14.3 Å². The molecule has 130 valence electrons. The Morgan fingerprint density at radius 2 is 1.88 bits per heavy atom. The number of aromatic nitrogens is 1. The molecular formula is C20H16N2O3S. The normalized spacial score (nSPS) is 16.7. The summed E-state index contributed by atoms with van der Waals surface area (Å²) < 4.78 is 5.83. The predicted molar refractivity (Wildman–Crippen MR) is 101 cm³/mol. The Kier molecular flexibility index (Phi) is 4.58. The molecule has 6 heteroatoms. The highest BCUT2D eigenvalue weighted by molar-refractivity contribution is 8.26. The summed E-state index contributed by atoms with van der Waals surface area (Å²) in [7, 11) is 0. The van der Waals surface area contributed by atoms with Crippen molar-refractivity contribution in [3.63, 3.8) is 0 Å². The number of fused-ring (bicyclic) bond motifs is 1. The third-order valence-corrected chi connectivity index (χ3v) is 4.96. The minimum atomic E-state index is -0.472. The fourth-order valence-electron chi connectivity index (χ4n) is 2.85. The van der Waals surface area contributed by atoms with E-state index in [2.05, 4.69) is 10.3 Å². The molecular weight excluding hydrogens is 348 g/mol. The molecule has 26 heavy (non-hydrogen) atoms. The van der Waals surface area contributed by atoms with E-state index >= 15 is 0 Å². The SMILES string of the molecule is O=C1NC(Cc2cnc3cc(OCc4ccccc4)ccc3c2)C(=O)S1. The lowest BCUT2D eigenvalue weighted by Crippen LogP contribution is -2.30. The van der Waals surface area contributed by atoms with Crippen LogP contribution in [0.5, 0.6) is 5.75 Å². The van der Waals surface area contributed by atoms with Gasteiger partial charge in [-0.3, -0.25) is 14.6 Å². The average molecular weight is 364 g/mol. The van der Waals surface area contributed by atoms with Crippen LogP contribution in [0.25, 0.3) is 10.9 Å². The summed E-state index contributed by atoms with van der Waals surface area (Å²) in [6.45, 7) is 0.506. The molecule has 1 aromatic heterocycles. The van der Waals surface area contributed by atoms with Gasteiger partial charge in [0.2, 0.25) is 5.12 Å². The number of carbonyl (C=O) groups is 2. The Morgan fingerprint density at radius 1 is 1.04 bits per heavy atom. The first-order valence-electron chi connectivity index (χ1n) is 8.25. The number of nitrogens with zero attached hydrogens (tertiary/aromatic N) is 1. The van der Waals surface area contributed by atoms with Crippen molar-refractivity contribution in [2.45, 2.75) is 19.1 Å². The molecule has 1 atom stereocenters. The van der Waals surface area contributed by atoms with Gasteiger partial charge >= 0.3 is 0 Å². The average Bonchev–Trinajstić information content (AvgIpc) is 2.97. The van der Waals surface area contributed by atoms with E-state index in [1.807, 2.05) is 54.6 Å². The summed E-state index contributed by atoms with van der Waals surface area (Å²) in [6.07, 6.45) is 2.19. The first-order chi connectivity index (χ1) is 12.7. The molecule has 1 fully saturated rings. The predicted octanol–water partition coefficient (Wildman–Crippen LogP) is 3.71. The first-order valence-corrected chi connectivity index (χ1v) is 9.07. The Balaban J connectivity index is 1.47. The molecule has 0 radical (unpaired) electrons. The Bertz CT molecular complexity index is 975. The van der Waals surface area contributed by atoms with Crippen LogP contribution in [0.1, 0.15) is 11.1 Å². The number of amides is 1. The van der Waals surface area contributed by atoms with Crippen molar-refractivity contribution >= 4 is 33.0 Å². The van der Waals surface area contributed by atoms with Gasteiger partial charge in [0.15, 0.2) is 0 Å². The smallest absolute Gasteiger partial charge is 0.287 e. The van der Waals surface area contributed by atoms with Gasteiger partial charge in [0, 0.05) is 35.8 Å². The second-order valence-corrected chi connectivity index (χ2v) is 7.06. The lowest BCUT2D eigenvalue weighted by Gasteiger charge is -2.10. The minimum Gasteiger partial charge on any atom is -0.489 e. The van der Waals surface area contributed by atoms with Crippen LogP contribution in [0, 0.1) is 0 Å². The van der Waals surface area contributed by atoms with Crippen molar-refractivity contribution in [2.24, 2.45) is 0 Å². The number of pyridine rings is 1. The summed E-state index contributed by atoms with van der Waals surface area (Å²) in [5.74, 6) is 0.760. The van der Waals surface area contributed by atoms with E-state index in [9.17, 15) is 9.59 Å². The molecule has 0 aliphatic carbocycles. The summed E-state index contributed by atoms with van der Waals surface area (Å²) in [6, 6.07) is 17.3. The standard InChI is InChI=1S/C20H16N2O3S/c23-19-18(22-20(24)26-19)9-14-8-15-6-7-16(10-17(15)21-11-14)25-12-13-4-2-1-3-5-13/h1-8,10-11,18H,9,12H2,(H,22,24). The largest absolute Gasteiger partial charge is 0.489 e. The summed E-state index contributed by atoms with van der Waals surface area (Å²) >= 11 is 0.731. The van der Waals surface area contributed by atoms with E-state index in [0.717, 1.165) is 39.5 Å². The van der Waals surface area contributed by atoms with Crippen molar-refractivity contribution in [3.05, 3.63) is 71.9 Å². The van der Waals surface area contributed by atoms with Crippen molar-refractivity contribution in [1.29, 1.82) is 0 Å². The van der Waals surface area contributed by atoms with E-state index < -0.39 is 6.04 Å². The third kappa shape index (κ3) is 3.70. The van der Waals surface area contributed by atoms with Gasteiger partial charge in [-0.25, -0.2) is 0 Å². The molecule has 2 heterocycles. The number of ether oxygens (including phenoxy) is 1. The molecule has 2 aromatic carbocycles. The van der Waals surface area contributed by atoms with Gasteiger partial charge in [0.05, 0.1) is 5.52 Å². The van der Waals surface area contributed by atoms with E-state index in [-0.39, 0.29) is 10.4 Å². The van der Waals surface area contributed by atoms with Crippen molar-refractivity contribution in [3.8, 4) is 5.75 Å². The van der Waals surface area contributed by atoms with Crippen LogP contribution in [0.15, 0.2) is 60.8 Å². The highest BCUT2D eigenvalue weighted by atomic mass is 32.2.